The average Bonchev–Trinajstić information content (AvgIpc) is 2.57. The Labute approximate surface area is 121 Å². The van der Waals surface area contributed by atoms with E-state index in [-0.39, 0.29) is 5.54 Å². The van der Waals surface area contributed by atoms with E-state index in [2.05, 4.69) is 33.3 Å². The molecule has 98 valence electrons. The van der Waals surface area contributed by atoms with Crippen LogP contribution in [0.4, 0.5) is 0 Å². The van der Waals surface area contributed by atoms with Crippen LogP contribution >= 0.6 is 39.1 Å². The third-order valence-electron chi connectivity index (χ3n) is 3.08. The number of halogens is 3. The van der Waals surface area contributed by atoms with E-state index in [1.165, 1.54) is 0 Å². The largest absolute Gasteiger partial charge is 0.303 e. The highest BCUT2D eigenvalue weighted by atomic mass is 79.9. The lowest BCUT2D eigenvalue weighted by Crippen LogP contribution is -2.48. The van der Waals surface area contributed by atoms with Crippen molar-refractivity contribution >= 4 is 39.1 Å². The Hall–Kier alpha value is 0.230. The minimum atomic E-state index is -0.208. The topological polar surface area (TPSA) is 29.9 Å². The number of hydrogen-bond acceptors (Lipinski definition) is 2. The molecule has 0 atom stereocenters. The zero-order valence-electron chi connectivity index (χ0n) is 10.4. The molecule has 0 bridgehead atoms. The van der Waals surface area contributed by atoms with Gasteiger partial charge in [0.2, 0.25) is 0 Å². The summed E-state index contributed by atoms with van der Waals surface area (Å²) in [5, 5.41) is 7.79. The van der Waals surface area contributed by atoms with Gasteiger partial charge in [-0.25, -0.2) is 0 Å². The van der Waals surface area contributed by atoms with E-state index < -0.39 is 0 Å². The van der Waals surface area contributed by atoms with Crippen LogP contribution in [0, 0.1) is 6.92 Å². The van der Waals surface area contributed by atoms with Crippen molar-refractivity contribution in [3.8, 4) is 0 Å². The second kappa shape index (κ2) is 6.41. The Bertz CT molecular complexity index is 367. The van der Waals surface area contributed by atoms with Gasteiger partial charge in [-0.3, -0.25) is 4.68 Å². The summed E-state index contributed by atoms with van der Waals surface area (Å²) < 4.78 is 2.91. The highest BCUT2D eigenvalue weighted by molar-refractivity contribution is 9.10. The molecule has 0 spiro atoms. The molecule has 0 saturated heterocycles. The normalized spacial score (nSPS) is 12.1. The second-order valence-electron chi connectivity index (χ2n) is 4.22. The van der Waals surface area contributed by atoms with Gasteiger partial charge >= 0.3 is 0 Å². The zero-order chi connectivity index (χ0) is 13.1. The third kappa shape index (κ3) is 3.37. The number of nitrogens with one attached hydrogen (secondary N) is 1. The van der Waals surface area contributed by atoms with Crippen molar-refractivity contribution in [2.24, 2.45) is 7.05 Å². The van der Waals surface area contributed by atoms with E-state index in [0.29, 0.717) is 18.3 Å². The van der Waals surface area contributed by atoms with Crippen molar-refractivity contribution in [2.75, 3.05) is 11.8 Å². The van der Waals surface area contributed by atoms with Crippen LogP contribution in [0.1, 0.15) is 24.7 Å². The van der Waals surface area contributed by atoms with Crippen molar-refractivity contribution in [1.29, 1.82) is 0 Å². The molecular formula is C11H18BrCl2N3. The molecule has 1 aromatic heterocycles. The van der Waals surface area contributed by atoms with Crippen LogP contribution in [-0.4, -0.2) is 27.1 Å². The van der Waals surface area contributed by atoms with Crippen LogP contribution in [0.2, 0.25) is 0 Å². The molecule has 1 aromatic rings. The Kier molecular flexibility index (Phi) is 5.77. The fraction of sp³-hybridized carbons (Fsp3) is 0.727. The summed E-state index contributed by atoms with van der Waals surface area (Å²) in [4.78, 5) is 0. The number of aromatic nitrogens is 2. The lowest BCUT2D eigenvalue weighted by Gasteiger charge is -2.29. The molecule has 6 heteroatoms. The van der Waals surface area contributed by atoms with E-state index in [9.17, 15) is 0 Å². The number of aryl methyl sites for hydroxylation is 2. The number of rotatable bonds is 6. The molecule has 1 rings (SSSR count). The van der Waals surface area contributed by atoms with Gasteiger partial charge in [0.25, 0.3) is 0 Å². The molecule has 0 aliphatic rings. The molecule has 1 heterocycles. The van der Waals surface area contributed by atoms with Gasteiger partial charge in [-0.1, -0.05) is 6.92 Å². The van der Waals surface area contributed by atoms with Gasteiger partial charge in [0.05, 0.1) is 15.9 Å². The fourth-order valence-corrected chi connectivity index (χ4v) is 2.92. The van der Waals surface area contributed by atoms with Crippen molar-refractivity contribution in [1.82, 2.24) is 15.1 Å². The number of alkyl halides is 2. The minimum absolute atomic E-state index is 0.208. The molecule has 0 saturated carbocycles. The summed E-state index contributed by atoms with van der Waals surface area (Å²) in [6, 6.07) is 0. The Morgan fingerprint density at radius 3 is 2.35 bits per heavy atom. The van der Waals surface area contributed by atoms with Crippen molar-refractivity contribution < 1.29 is 0 Å². The van der Waals surface area contributed by atoms with Gasteiger partial charge in [-0.2, -0.15) is 5.10 Å². The van der Waals surface area contributed by atoms with Crippen molar-refractivity contribution in [2.45, 2.75) is 32.4 Å². The van der Waals surface area contributed by atoms with Crippen molar-refractivity contribution in [3.05, 3.63) is 15.9 Å². The van der Waals surface area contributed by atoms with E-state index in [1.807, 2.05) is 18.7 Å². The molecule has 0 unspecified atom stereocenters. The highest BCUT2D eigenvalue weighted by Gasteiger charge is 2.26. The van der Waals surface area contributed by atoms with Gasteiger partial charge in [0, 0.05) is 30.9 Å². The molecule has 0 amide bonds. The Balaban J connectivity index is 2.79. The average molecular weight is 343 g/mol. The van der Waals surface area contributed by atoms with Crippen LogP contribution in [-0.2, 0) is 13.6 Å². The van der Waals surface area contributed by atoms with Crippen LogP contribution < -0.4 is 5.32 Å². The predicted octanol–water partition coefficient (Wildman–Crippen LogP) is 3.21. The van der Waals surface area contributed by atoms with Crippen LogP contribution in [0.5, 0.6) is 0 Å². The molecule has 0 fully saturated rings. The molecule has 3 nitrogen and oxygen atoms in total. The first-order valence-corrected chi connectivity index (χ1v) is 7.40. The summed E-state index contributed by atoms with van der Waals surface area (Å²) in [5.41, 5.74) is 1.89. The van der Waals surface area contributed by atoms with Gasteiger partial charge < -0.3 is 5.32 Å². The van der Waals surface area contributed by atoms with E-state index in [4.69, 9.17) is 23.2 Å². The van der Waals surface area contributed by atoms with Gasteiger partial charge in [-0.15, -0.1) is 23.2 Å². The first-order valence-electron chi connectivity index (χ1n) is 5.54. The lowest BCUT2D eigenvalue weighted by molar-refractivity contribution is 0.378. The third-order valence-corrected chi connectivity index (χ3v) is 5.14. The van der Waals surface area contributed by atoms with Gasteiger partial charge in [0.1, 0.15) is 0 Å². The molecule has 0 aliphatic heterocycles. The molecule has 1 N–H and O–H groups in total. The summed E-state index contributed by atoms with van der Waals surface area (Å²) in [6.45, 7) is 4.76. The molecule has 17 heavy (non-hydrogen) atoms. The van der Waals surface area contributed by atoms with E-state index >= 15 is 0 Å². The summed E-state index contributed by atoms with van der Waals surface area (Å²) in [5.74, 6) is 1.00. The first-order chi connectivity index (χ1) is 7.99. The minimum Gasteiger partial charge on any atom is -0.303 e. The summed E-state index contributed by atoms with van der Waals surface area (Å²) in [6.07, 6.45) is 0.897. The Morgan fingerprint density at radius 1 is 1.41 bits per heavy atom. The maximum absolute atomic E-state index is 5.99. The molecular weight excluding hydrogens is 325 g/mol. The highest BCUT2D eigenvalue weighted by Crippen LogP contribution is 2.22. The quantitative estimate of drug-likeness (QED) is 0.804. The molecule has 0 aliphatic carbocycles. The maximum Gasteiger partial charge on any atom is 0.0739 e. The zero-order valence-corrected chi connectivity index (χ0v) is 13.5. The summed E-state index contributed by atoms with van der Waals surface area (Å²) in [7, 11) is 1.93. The van der Waals surface area contributed by atoms with Crippen LogP contribution in [0.25, 0.3) is 0 Å². The summed E-state index contributed by atoms with van der Waals surface area (Å²) >= 11 is 15.5. The smallest absolute Gasteiger partial charge is 0.0739 e. The lowest BCUT2D eigenvalue weighted by atomic mass is 10.0. The molecule has 0 aromatic carbocycles. The van der Waals surface area contributed by atoms with Gasteiger partial charge in [-0.05, 0) is 29.3 Å². The van der Waals surface area contributed by atoms with Crippen LogP contribution in [0.15, 0.2) is 4.47 Å². The number of nitrogens with zero attached hydrogens (tertiary/aromatic N) is 2. The van der Waals surface area contributed by atoms with E-state index in [0.717, 1.165) is 22.3 Å². The maximum atomic E-state index is 5.99. The predicted molar refractivity (Wildman–Crippen MR) is 76.9 cm³/mol. The fourth-order valence-electron chi connectivity index (χ4n) is 1.59. The van der Waals surface area contributed by atoms with Crippen molar-refractivity contribution in [3.63, 3.8) is 0 Å². The molecule has 0 radical (unpaired) electrons. The SMILES string of the molecule is CCC(CCl)(CCl)NCc1c(Br)c(C)nn1C. The second-order valence-corrected chi connectivity index (χ2v) is 5.55. The number of hydrogen-bond donors (Lipinski definition) is 1. The van der Waals surface area contributed by atoms with E-state index in [1.54, 1.807) is 0 Å². The van der Waals surface area contributed by atoms with Crippen LogP contribution in [0.3, 0.4) is 0 Å². The Morgan fingerprint density at radius 2 is 2.00 bits per heavy atom. The van der Waals surface area contributed by atoms with Gasteiger partial charge in [0.15, 0.2) is 0 Å². The monoisotopic (exact) mass is 341 g/mol. The first kappa shape index (κ1) is 15.3. The standard InChI is InChI=1S/C11H18BrCl2N3/c1-4-11(6-13,7-14)15-5-9-10(12)8(2)16-17(9)3/h15H,4-7H2,1-3H3.